The molecule has 0 fully saturated rings. The van der Waals surface area contributed by atoms with E-state index < -0.39 is 26.6 Å². The monoisotopic (exact) mass is 413 g/mol. The van der Waals surface area contributed by atoms with Crippen LogP contribution in [-0.4, -0.2) is 26.1 Å². The molecule has 0 heterocycles. The van der Waals surface area contributed by atoms with Crippen molar-refractivity contribution in [3.05, 3.63) is 34.9 Å². The quantitative estimate of drug-likeness (QED) is 0.300. The van der Waals surface area contributed by atoms with Gasteiger partial charge in [-0.3, -0.25) is 0 Å². The van der Waals surface area contributed by atoms with Gasteiger partial charge < -0.3 is 14.9 Å². The van der Waals surface area contributed by atoms with Gasteiger partial charge >= 0.3 is 20.8 Å². The van der Waals surface area contributed by atoms with E-state index in [0.717, 1.165) is 24.8 Å². The van der Waals surface area contributed by atoms with Gasteiger partial charge in [0.15, 0.2) is 0 Å². The lowest BCUT2D eigenvalue weighted by Crippen LogP contribution is -2.17. The van der Waals surface area contributed by atoms with Crippen molar-refractivity contribution in [2.24, 2.45) is 0 Å². The van der Waals surface area contributed by atoms with Gasteiger partial charge in [0.2, 0.25) is 0 Å². The van der Waals surface area contributed by atoms with Crippen LogP contribution in [0.2, 0.25) is 0 Å². The first-order valence-electron chi connectivity index (χ1n) is 8.31. The number of halogens is 2. The summed E-state index contributed by atoms with van der Waals surface area (Å²) in [6.45, 7) is 7.89. The van der Waals surface area contributed by atoms with E-state index in [2.05, 4.69) is 12.2 Å². The molecule has 0 aliphatic heterocycles. The molecule has 0 aromatic rings. The van der Waals surface area contributed by atoms with Crippen LogP contribution < -0.4 is 0 Å². The smallest absolute Gasteiger partial charge is 0.350 e. The minimum absolute atomic E-state index is 0.347. The Morgan fingerprint density at radius 3 is 1.96 bits per heavy atom. The molecule has 26 heavy (non-hydrogen) atoms. The fourth-order valence-corrected chi connectivity index (χ4v) is 4.13. The molecule has 0 rings (SSSR count). The highest BCUT2D eigenvalue weighted by molar-refractivity contribution is 7.68. The Hall–Kier alpha value is -0.710. The Morgan fingerprint density at radius 2 is 1.50 bits per heavy atom. The highest BCUT2D eigenvalue weighted by Crippen LogP contribution is 2.66. The van der Waals surface area contributed by atoms with Gasteiger partial charge in [-0.05, 0) is 53.4 Å². The molecule has 0 spiro atoms. The van der Waals surface area contributed by atoms with Crippen LogP contribution in [0.4, 0.5) is 8.78 Å². The minimum atomic E-state index is -5.88. The standard InChI is InChI=1S/C17H28F2O5P2/c1-13(2)7-5-8-14(3)9-6-10-15(4)11-12-16(20)25(21)17(18,19)26(22,23)24/h7,9,11,16,20H,5-6,8,10,12H2,1-4H3,(H-,22,23,24)/p+1/b14-9+,15-11+. The van der Waals surface area contributed by atoms with Gasteiger partial charge in [0.25, 0.3) is 5.85 Å². The van der Waals surface area contributed by atoms with Crippen molar-refractivity contribution >= 4 is 15.4 Å². The Labute approximate surface area is 154 Å². The summed E-state index contributed by atoms with van der Waals surface area (Å²) in [7, 11) is -9.67. The van der Waals surface area contributed by atoms with Crippen molar-refractivity contribution in [2.75, 3.05) is 0 Å². The third kappa shape index (κ3) is 9.29. The lowest BCUT2D eigenvalue weighted by molar-refractivity contribution is 0.130. The highest BCUT2D eigenvalue weighted by atomic mass is 31.2. The molecule has 0 aromatic carbocycles. The van der Waals surface area contributed by atoms with Crippen molar-refractivity contribution in [3.63, 3.8) is 0 Å². The molecule has 0 saturated carbocycles. The zero-order chi connectivity index (χ0) is 20.5. The topological polar surface area (TPSA) is 94.8 Å². The number of rotatable bonds is 11. The summed E-state index contributed by atoms with van der Waals surface area (Å²) >= 11 is 0. The van der Waals surface area contributed by atoms with Gasteiger partial charge in [-0.1, -0.05) is 39.5 Å². The van der Waals surface area contributed by atoms with E-state index in [0.29, 0.717) is 6.42 Å². The number of aliphatic hydroxyl groups is 1. The molecule has 0 aliphatic carbocycles. The summed E-state index contributed by atoms with van der Waals surface area (Å²) in [5, 5.41) is 4.82. The Bertz CT molecular complexity index is 617. The number of hydrogen-bond acceptors (Lipinski definition) is 3. The molecule has 0 aromatic heterocycles. The van der Waals surface area contributed by atoms with E-state index in [1.165, 1.54) is 17.2 Å². The van der Waals surface area contributed by atoms with Crippen LogP contribution in [-0.2, 0) is 9.13 Å². The lowest BCUT2D eigenvalue weighted by atomic mass is 10.1. The average molecular weight is 413 g/mol. The molecular formula is C17H29F2O5P2+. The molecule has 3 N–H and O–H groups in total. The van der Waals surface area contributed by atoms with Crippen molar-refractivity contribution in [1.82, 2.24) is 0 Å². The maximum atomic E-state index is 13.3. The van der Waals surface area contributed by atoms with Crippen LogP contribution in [0.1, 0.15) is 59.8 Å². The van der Waals surface area contributed by atoms with E-state index in [-0.39, 0.29) is 6.42 Å². The van der Waals surface area contributed by atoms with Crippen molar-refractivity contribution in [1.29, 1.82) is 0 Å². The highest BCUT2D eigenvalue weighted by Gasteiger charge is 2.68. The maximum Gasteiger partial charge on any atom is 0.545 e. The van der Waals surface area contributed by atoms with Gasteiger partial charge in [-0.25, -0.2) is 4.57 Å². The maximum absolute atomic E-state index is 13.3. The SMILES string of the molecule is CC(C)=CCC/C(C)=C/CC/C(C)=C/CC(O)[P+](=O)C(F)(F)P(=O)(O)O. The molecule has 9 heteroatoms. The Morgan fingerprint density at radius 1 is 1.04 bits per heavy atom. The summed E-state index contributed by atoms with van der Waals surface area (Å²) in [6.07, 6.45) is 8.73. The van der Waals surface area contributed by atoms with Crippen LogP contribution in [0, 0.1) is 0 Å². The van der Waals surface area contributed by atoms with Gasteiger partial charge in [0.05, 0.1) is 0 Å². The van der Waals surface area contributed by atoms with E-state index in [1.54, 1.807) is 6.92 Å². The normalized spacial score (nSPS) is 15.7. The summed E-state index contributed by atoms with van der Waals surface area (Å²) < 4.78 is 48.8. The van der Waals surface area contributed by atoms with Gasteiger partial charge in [0.1, 0.15) is 0 Å². The molecule has 0 saturated heterocycles. The first-order chi connectivity index (χ1) is 11.8. The van der Waals surface area contributed by atoms with Crippen molar-refractivity contribution in [2.45, 2.75) is 71.0 Å². The second kappa shape index (κ2) is 11.2. The van der Waals surface area contributed by atoms with Gasteiger partial charge in [-0.2, -0.15) is 0 Å². The summed E-state index contributed by atoms with van der Waals surface area (Å²) in [5.74, 6) is -2.01. The van der Waals surface area contributed by atoms with Crippen molar-refractivity contribution in [3.8, 4) is 0 Å². The molecule has 0 radical (unpaired) electrons. The molecule has 150 valence electrons. The van der Waals surface area contributed by atoms with E-state index in [9.17, 15) is 23.0 Å². The summed E-state index contributed by atoms with van der Waals surface area (Å²) in [5.41, 5.74) is 3.35. The molecular weight excluding hydrogens is 384 g/mol. The molecule has 0 bridgehead atoms. The average Bonchev–Trinajstić information content (AvgIpc) is 2.50. The Kier molecular flexibility index (Phi) is 10.9. The van der Waals surface area contributed by atoms with Gasteiger partial charge in [-0.15, -0.1) is 8.78 Å². The molecule has 5 nitrogen and oxygen atoms in total. The van der Waals surface area contributed by atoms with E-state index in [4.69, 9.17) is 9.79 Å². The predicted octanol–water partition coefficient (Wildman–Crippen LogP) is 5.67. The first kappa shape index (κ1) is 25.3. The third-order valence-electron chi connectivity index (χ3n) is 3.69. The number of alkyl halides is 2. The van der Waals surface area contributed by atoms with Crippen LogP contribution in [0.3, 0.4) is 0 Å². The van der Waals surface area contributed by atoms with E-state index >= 15 is 0 Å². The fourth-order valence-electron chi connectivity index (χ4n) is 2.05. The second-order valence-electron chi connectivity index (χ2n) is 6.56. The van der Waals surface area contributed by atoms with Crippen LogP contribution in [0.5, 0.6) is 0 Å². The van der Waals surface area contributed by atoms with Gasteiger partial charge in [0, 0.05) is 6.42 Å². The zero-order valence-electron chi connectivity index (χ0n) is 15.7. The fraction of sp³-hybridized carbons (Fsp3) is 0.647. The molecule has 2 atom stereocenters. The van der Waals surface area contributed by atoms with Crippen LogP contribution >= 0.6 is 15.4 Å². The Balaban J connectivity index is 4.51. The van der Waals surface area contributed by atoms with Crippen LogP contribution in [0.15, 0.2) is 34.9 Å². The summed E-state index contributed by atoms with van der Waals surface area (Å²) in [4.78, 5) is 17.1. The third-order valence-corrected chi connectivity index (χ3v) is 7.04. The largest absolute Gasteiger partial charge is 0.545 e. The zero-order valence-corrected chi connectivity index (χ0v) is 17.4. The predicted molar refractivity (Wildman–Crippen MR) is 101 cm³/mol. The second-order valence-corrected chi connectivity index (χ2v) is 10.4. The number of hydrogen-bond donors (Lipinski definition) is 3. The van der Waals surface area contributed by atoms with Crippen molar-refractivity contribution < 1.29 is 32.8 Å². The molecule has 0 aliphatic rings. The summed E-state index contributed by atoms with van der Waals surface area (Å²) in [6, 6.07) is 0. The van der Waals surface area contributed by atoms with Crippen LogP contribution in [0.25, 0.3) is 0 Å². The first-order valence-corrected chi connectivity index (χ1v) is 11.3. The number of allylic oxidation sites excluding steroid dienone is 5. The molecule has 0 amide bonds. The minimum Gasteiger partial charge on any atom is -0.350 e. The number of aliphatic hydroxyl groups excluding tert-OH is 1. The molecule has 2 unspecified atom stereocenters. The van der Waals surface area contributed by atoms with E-state index in [1.807, 2.05) is 20.8 Å². The lowest BCUT2D eigenvalue weighted by Gasteiger charge is -2.09.